The van der Waals surface area contributed by atoms with Crippen LogP contribution in [0.2, 0.25) is 0 Å². The van der Waals surface area contributed by atoms with Gasteiger partial charge < -0.3 is 5.32 Å². The molecule has 0 radical (unpaired) electrons. The van der Waals surface area contributed by atoms with Crippen LogP contribution < -0.4 is 16.2 Å². The van der Waals surface area contributed by atoms with Gasteiger partial charge in [-0.2, -0.15) is 0 Å². The molecular weight excluding hydrogens is 222 g/mol. The molecule has 1 saturated heterocycles. The van der Waals surface area contributed by atoms with Gasteiger partial charge in [-0.15, -0.1) is 0 Å². The topological polar surface area (TPSA) is 36.1 Å². The van der Waals surface area contributed by atoms with Gasteiger partial charge in [-0.3, -0.25) is 5.43 Å². The standard InChI is InChI=1S/C15H23N3/c1-2-6-12(7-3-1)15-13(11-17-18-15)10-16-14-8-4-5-9-14/h1-3,6-7,13-18H,4-5,8-11H2. The molecule has 0 bridgehead atoms. The Morgan fingerprint density at radius 3 is 2.67 bits per heavy atom. The third-order valence-corrected chi connectivity index (χ3v) is 4.28. The smallest absolute Gasteiger partial charge is 0.0515 e. The summed E-state index contributed by atoms with van der Waals surface area (Å²) >= 11 is 0. The number of rotatable bonds is 4. The van der Waals surface area contributed by atoms with Gasteiger partial charge in [0.2, 0.25) is 0 Å². The maximum atomic E-state index is 3.74. The third-order valence-electron chi connectivity index (χ3n) is 4.28. The molecule has 3 rings (SSSR count). The first kappa shape index (κ1) is 12.2. The molecule has 1 aromatic carbocycles. The fourth-order valence-corrected chi connectivity index (χ4v) is 3.19. The summed E-state index contributed by atoms with van der Waals surface area (Å²) in [5.74, 6) is 0.646. The molecule has 98 valence electrons. The molecule has 0 spiro atoms. The lowest BCUT2D eigenvalue weighted by molar-refractivity contribution is 0.407. The zero-order valence-corrected chi connectivity index (χ0v) is 10.9. The van der Waals surface area contributed by atoms with Gasteiger partial charge in [0.1, 0.15) is 0 Å². The SMILES string of the molecule is c1ccc(C2NNCC2CNC2CCCC2)cc1. The van der Waals surface area contributed by atoms with Gasteiger partial charge in [-0.05, 0) is 18.4 Å². The molecule has 2 atom stereocenters. The van der Waals surface area contributed by atoms with Crippen molar-refractivity contribution in [1.29, 1.82) is 0 Å². The highest BCUT2D eigenvalue weighted by Crippen LogP contribution is 2.25. The van der Waals surface area contributed by atoms with Gasteiger partial charge in [-0.1, -0.05) is 43.2 Å². The van der Waals surface area contributed by atoms with Gasteiger partial charge in [0.25, 0.3) is 0 Å². The predicted molar refractivity (Wildman–Crippen MR) is 74.1 cm³/mol. The van der Waals surface area contributed by atoms with Crippen molar-refractivity contribution in [2.75, 3.05) is 13.1 Å². The van der Waals surface area contributed by atoms with Crippen molar-refractivity contribution in [3.8, 4) is 0 Å². The van der Waals surface area contributed by atoms with E-state index in [4.69, 9.17) is 0 Å². The first-order valence-corrected chi connectivity index (χ1v) is 7.20. The highest BCUT2D eigenvalue weighted by atomic mass is 15.4. The van der Waals surface area contributed by atoms with Crippen LogP contribution in [-0.4, -0.2) is 19.1 Å². The normalized spacial score (nSPS) is 28.9. The summed E-state index contributed by atoms with van der Waals surface area (Å²) in [5.41, 5.74) is 8.10. The summed E-state index contributed by atoms with van der Waals surface area (Å²) in [5, 5.41) is 3.74. The van der Waals surface area contributed by atoms with E-state index in [9.17, 15) is 0 Å². The van der Waals surface area contributed by atoms with E-state index in [1.165, 1.54) is 31.2 Å². The molecule has 2 fully saturated rings. The van der Waals surface area contributed by atoms with E-state index < -0.39 is 0 Å². The van der Waals surface area contributed by atoms with Crippen molar-refractivity contribution < 1.29 is 0 Å². The van der Waals surface area contributed by atoms with Crippen LogP contribution >= 0.6 is 0 Å². The predicted octanol–water partition coefficient (Wildman–Crippen LogP) is 1.98. The molecule has 3 heteroatoms. The number of benzene rings is 1. The van der Waals surface area contributed by atoms with Gasteiger partial charge in [0.05, 0.1) is 6.04 Å². The molecule has 1 aromatic rings. The molecule has 1 aliphatic carbocycles. The molecule has 1 aliphatic heterocycles. The maximum absolute atomic E-state index is 3.74. The van der Waals surface area contributed by atoms with E-state index in [0.29, 0.717) is 12.0 Å². The summed E-state index contributed by atoms with van der Waals surface area (Å²) in [6.45, 7) is 2.17. The minimum atomic E-state index is 0.445. The quantitative estimate of drug-likeness (QED) is 0.759. The van der Waals surface area contributed by atoms with E-state index in [1.54, 1.807) is 0 Å². The summed E-state index contributed by atoms with van der Waals surface area (Å²) < 4.78 is 0. The first-order valence-electron chi connectivity index (χ1n) is 7.20. The summed E-state index contributed by atoms with van der Waals surface area (Å²) in [7, 11) is 0. The minimum Gasteiger partial charge on any atom is -0.314 e. The molecule has 18 heavy (non-hydrogen) atoms. The van der Waals surface area contributed by atoms with Gasteiger partial charge in [0.15, 0.2) is 0 Å². The van der Waals surface area contributed by atoms with Crippen molar-refractivity contribution in [3.05, 3.63) is 35.9 Å². The lowest BCUT2D eigenvalue weighted by atomic mass is 9.94. The average molecular weight is 245 g/mol. The van der Waals surface area contributed by atoms with Crippen molar-refractivity contribution in [2.45, 2.75) is 37.8 Å². The number of hydrogen-bond donors (Lipinski definition) is 3. The Labute approximate surface area is 109 Å². The molecule has 3 N–H and O–H groups in total. The lowest BCUT2D eigenvalue weighted by Crippen LogP contribution is -2.34. The Hall–Kier alpha value is -0.900. The van der Waals surface area contributed by atoms with Gasteiger partial charge in [0, 0.05) is 25.0 Å². The van der Waals surface area contributed by atoms with E-state index in [2.05, 4.69) is 46.5 Å². The third kappa shape index (κ3) is 2.74. The fraction of sp³-hybridized carbons (Fsp3) is 0.600. The second kappa shape index (κ2) is 5.83. The molecule has 1 heterocycles. The first-order chi connectivity index (χ1) is 8.93. The van der Waals surface area contributed by atoms with Crippen molar-refractivity contribution in [3.63, 3.8) is 0 Å². The highest BCUT2D eigenvalue weighted by Gasteiger charge is 2.28. The Morgan fingerprint density at radius 2 is 1.89 bits per heavy atom. The number of nitrogens with one attached hydrogen (secondary N) is 3. The van der Waals surface area contributed by atoms with Crippen LogP contribution in [0.1, 0.15) is 37.3 Å². The van der Waals surface area contributed by atoms with Gasteiger partial charge >= 0.3 is 0 Å². The average Bonchev–Trinajstić information content (AvgIpc) is 3.09. The van der Waals surface area contributed by atoms with Crippen LogP contribution in [-0.2, 0) is 0 Å². The van der Waals surface area contributed by atoms with Crippen LogP contribution in [0.25, 0.3) is 0 Å². The molecule has 0 aromatic heterocycles. The van der Waals surface area contributed by atoms with Crippen molar-refractivity contribution in [2.24, 2.45) is 5.92 Å². The summed E-state index contributed by atoms with van der Waals surface area (Å²) in [6, 6.07) is 12.0. The lowest BCUT2D eigenvalue weighted by Gasteiger charge is -2.21. The van der Waals surface area contributed by atoms with E-state index in [1.807, 2.05) is 0 Å². The largest absolute Gasteiger partial charge is 0.314 e. The van der Waals surface area contributed by atoms with Crippen molar-refractivity contribution >= 4 is 0 Å². The second-order valence-corrected chi connectivity index (χ2v) is 5.56. The van der Waals surface area contributed by atoms with Crippen molar-refractivity contribution in [1.82, 2.24) is 16.2 Å². The zero-order valence-electron chi connectivity index (χ0n) is 10.9. The monoisotopic (exact) mass is 245 g/mol. The number of hydrogen-bond acceptors (Lipinski definition) is 3. The summed E-state index contributed by atoms with van der Waals surface area (Å²) in [4.78, 5) is 0. The fourth-order valence-electron chi connectivity index (χ4n) is 3.19. The highest BCUT2D eigenvalue weighted by molar-refractivity contribution is 5.20. The minimum absolute atomic E-state index is 0.445. The molecule has 0 amide bonds. The molecule has 3 nitrogen and oxygen atoms in total. The molecule has 1 saturated carbocycles. The summed E-state index contributed by atoms with van der Waals surface area (Å²) in [6.07, 6.45) is 5.54. The Bertz CT molecular complexity index is 359. The maximum Gasteiger partial charge on any atom is 0.0515 e. The Kier molecular flexibility index (Phi) is 3.93. The van der Waals surface area contributed by atoms with Crippen LogP contribution in [0.4, 0.5) is 0 Å². The number of hydrazine groups is 1. The van der Waals surface area contributed by atoms with Gasteiger partial charge in [-0.25, -0.2) is 5.43 Å². The molecule has 2 unspecified atom stereocenters. The van der Waals surface area contributed by atoms with Crippen LogP contribution in [0.3, 0.4) is 0 Å². The van der Waals surface area contributed by atoms with Crippen LogP contribution in [0.5, 0.6) is 0 Å². The Morgan fingerprint density at radius 1 is 1.11 bits per heavy atom. The molecular formula is C15H23N3. The van der Waals surface area contributed by atoms with E-state index in [-0.39, 0.29) is 0 Å². The van der Waals surface area contributed by atoms with E-state index in [0.717, 1.165) is 19.1 Å². The van der Waals surface area contributed by atoms with Crippen LogP contribution in [0.15, 0.2) is 30.3 Å². The zero-order chi connectivity index (χ0) is 12.2. The Balaban J connectivity index is 1.57. The molecule has 2 aliphatic rings. The van der Waals surface area contributed by atoms with E-state index >= 15 is 0 Å². The van der Waals surface area contributed by atoms with Crippen LogP contribution in [0, 0.1) is 5.92 Å². The second-order valence-electron chi connectivity index (χ2n) is 5.56.